The number of carbonyl (C=O) groups is 2. The average Bonchev–Trinajstić information content (AvgIpc) is 2.67. The van der Waals surface area contributed by atoms with Gasteiger partial charge in [0, 0.05) is 0 Å². The highest BCUT2D eigenvalue weighted by atomic mass is 16.6. The van der Waals surface area contributed by atoms with Gasteiger partial charge in [0.25, 0.3) is 0 Å². The molecule has 0 saturated carbocycles. The predicted molar refractivity (Wildman–Crippen MR) is 115 cm³/mol. The molecule has 8 nitrogen and oxygen atoms in total. The van der Waals surface area contributed by atoms with Gasteiger partial charge in [0.2, 0.25) is 0 Å². The quantitative estimate of drug-likeness (QED) is 0.245. The third-order valence-corrected chi connectivity index (χ3v) is 4.15. The first-order valence-electron chi connectivity index (χ1n) is 9.64. The molecule has 166 valence electrons. The summed E-state index contributed by atoms with van der Waals surface area (Å²) in [6.07, 6.45) is 2.90. The van der Waals surface area contributed by atoms with E-state index in [1.165, 1.54) is 42.5 Å². The normalized spacial score (nSPS) is 12.6. The van der Waals surface area contributed by atoms with Gasteiger partial charge in [-0.1, -0.05) is 18.2 Å². The summed E-state index contributed by atoms with van der Waals surface area (Å²) in [5, 5.41) is 40.9. The fourth-order valence-corrected chi connectivity index (χ4v) is 2.66. The van der Waals surface area contributed by atoms with Gasteiger partial charge in [-0.25, -0.2) is 0 Å². The van der Waals surface area contributed by atoms with Crippen molar-refractivity contribution in [2.75, 3.05) is 6.54 Å². The number of phenols is 4. The maximum atomic E-state index is 12.6. The Morgan fingerprint density at radius 3 is 2.16 bits per heavy atom. The van der Waals surface area contributed by atoms with Crippen LogP contribution in [-0.4, -0.2) is 50.4 Å². The molecule has 0 spiro atoms. The van der Waals surface area contributed by atoms with E-state index in [1.54, 1.807) is 26.8 Å². The number of benzene rings is 2. The SMILES string of the molecule is CC(C)(C)OC(=O)[C@@H](Cc1ccc(O)c(O)c1)NCC(=O)/C=C/c1ccc(O)c(O)c1. The summed E-state index contributed by atoms with van der Waals surface area (Å²) < 4.78 is 5.42. The summed E-state index contributed by atoms with van der Waals surface area (Å²) in [4.78, 5) is 24.8. The molecule has 0 fully saturated rings. The van der Waals surface area contributed by atoms with Gasteiger partial charge in [0.15, 0.2) is 28.8 Å². The number of carbonyl (C=O) groups excluding carboxylic acids is 2. The van der Waals surface area contributed by atoms with Crippen molar-refractivity contribution in [2.45, 2.75) is 38.8 Å². The van der Waals surface area contributed by atoms with Gasteiger partial charge >= 0.3 is 5.97 Å². The van der Waals surface area contributed by atoms with E-state index in [-0.39, 0.29) is 41.7 Å². The fraction of sp³-hybridized carbons (Fsp3) is 0.304. The Labute approximate surface area is 180 Å². The van der Waals surface area contributed by atoms with Crippen molar-refractivity contribution in [1.82, 2.24) is 5.32 Å². The lowest BCUT2D eigenvalue weighted by molar-refractivity contribution is -0.157. The van der Waals surface area contributed by atoms with Crippen LogP contribution < -0.4 is 5.32 Å². The second-order valence-corrected chi connectivity index (χ2v) is 8.04. The van der Waals surface area contributed by atoms with Crippen molar-refractivity contribution in [1.29, 1.82) is 0 Å². The smallest absolute Gasteiger partial charge is 0.324 e. The monoisotopic (exact) mass is 429 g/mol. The number of hydrogen-bond donors (Lipinski definition) is 5. The van der Waals surface area contributed by atoms with Crippen LogP contribution in [0.15, 0.2) is 42.5 Å². The van der Waals surface area contributed by atoms with E-state index in [0.29, 0.717) is 11.1 Å². The van der Waals surface area contributed by atoms with Gasteiger partial charge in [0.05, 0.1) is 6.54 Å². The van der Waals surface area contributed by atoms with Crippen molar-refractivity contribution < 1.29 is 34.8 Å². The summed E-state index contributed by atoms with van der Waals surface area (Å²) in [6, 6.07) is 7.51. The van der Waals surface area contributed by atoms with E-state index in [4.69, 9.17) is 4.74 Å². The molecule has 0 aliphatic carbocycles. The zero-order valence-corrected chi connectivity index (χ0v) is 17.6. The molecule has 2 aromatic rings. The molecule has 0 aliphatic rings. The minimum absolute atomic E-state index is 0.131. The molecular formula is C23H27NO7. The highest BCUT2D eigenvalue weighted by Gasteiger charge is 2.26. The second kappa shape index (κ2) is 9.99. The van der Waals surface area contributed by atoms with Crippen LogP contribution in [0, 0.1) is 0 Å². The highest BCUT2D eigenvalue weighted by Crippen LogP contribution is 2.26. The minimum Gasteiger partial charge on any atom is -0.504 e. The summed E-state index contributed by atoms with van der Waals surface area (Å²) >= 11 is 0. The van der Waals surface area contributed by atoms with Gasteiger partial charge in [-0.2, -0.15) is 0 Å². The van der Waals surface area contributed by atoms with Crippen LogP contribution >= 0.6 is 0 Å². The van der Waals surface area contributed by atoms with Crippen LogP contribution in [0.5, 0.6) is 23.0 Å². The number of hydrogen-bond acceptors (Lipinski definition) is 8. The van der Waals surface area contributed by atoms with E-state index >= 15 is 0 Å². The summed E-state index contributed by atoms with van der Waals surface area (Å²) in [7, 11) is 0. The van der Waals surface area contributed by atoms with Gasteiger partial charge in [-0.3, -0.25) is 14.9 Å². The molecule has 0 bridgehead atoms. The summed E-state index contributed by atoms with van der Waals surface area (Å²) in [6.45, 7) is 5.04. The van der Waals surface area contributed by atoms with Crippen molar-refractivity contribution in [3.8, 4) is 23.0 Å². The lowest BCUT2D eigenvalue weighted by Crippen LogP contribution is -2.44. The molecule has 0 radical (unpaired) electrons. The Morgan fingerprint density at radius 2 is 1.58 bits per heavy atom. The topological polar surface area (TPSA) is 136 Å². The van der Waals surface area contributed by atoms with Gasteiger partial charge < -0.3 is 25.2 Å². The van der Waals surface area contributed by atoms with E-state index < -0.39 is 17.6 Å². The van der Waals surface area contributed by atoms with Crippen molar-refractivity contribution >= 4 is 17.8 Å². The summed E-state index contributed by atoms with van der Waals surface area (Å²) in [5.41, 5.74) is 0.368. The number of rotatable bonds is 8. The number of ketones is 1. The zero-order valence-electron chi connectivity index (χ0n) is 17.6. The maximum Gasteiger partial charge on any atom is 0.324 e. The largest absolute Gasteiger partial charge is 0.504 e. The third kappa shape index (κ3) is 7.67. The van der Waals surface area contributed by atoms with Gasteiger partial charge in [-0.05, 0) is 68.7 Å². The lowest BCUT2D eigenvalue weighted by Gasteiger charge is -2.24. The van der Waals surface area contributed by atoms with Crippen molar-refractivity contribution in [3.63, 3.8) is 0 Å². The second-order valence-electron chi connectivity index (χ2n) is 8.04. The number of nitrogens with one attached hydrogen (secondary N) is 1. The highest BCUT2D eigenvalue weighted by molar-refractivity contribution is 5.95. The van der Waals surface area contributed by atoms with Crippen molar-refractivity contribution in [2.24, 2.45) is 0 Å². The Hall–Kier alpha value is -3.52. The van der Waals surface area contributed by atoms with E-state index in [2.05, 4.69) is 5.32 Å². The van der Waals surface area contributed by atoms with Crippen LogP contribution in [0.25, 0.3) is 6.08 Å². The molecule has 2 rings (SSSR count). The number of esters is 1. The molecular weight excluding hydrogens is 402 g/mol. The first-order chi connectivity index (χ1) is 14.4. The molecule has 2 aromatic carbocycles. The maximum absolute atomic E-state index is 12.6. The van der Waals surface area contributed by atoms with E-state index in [0.717, 1.165) is 0 Å². The van der Waals surface area contributed by atoms with E-state index in [9.17, 15) is 30.0 Å². The molecule has 0 heterocycles. The molecule has 0 amide bonds. The molecule has 0 unspecified atom stereocenters. The zero-order chi connectivity index (χ0) is 23.2. The number of ether oxygens (including phenoxy) is 1. The molecule has 0 aliphatic heterocycles. The first-order valence-corrected chi connectivity index (χ1v) is 9.64. The molecule has 31 heavy (non-hydrogen) atoms. The Balaban J connectivity index is 2.07. The summed E-state index contributed by atoms with van der Waals surface area (Å²) in [5.74, 6) is -2.02. The molecule has 1 atom stereocenters. The first kappa shape index (κ1) is 23.8. The van der Waals surface area contributed by atoms with Crippen LogP contribution in [0.4, 0.5) is 0 Å². The van der Waals surface area contributed by atoms with Gasteiger partial charge in [0.1, 0.15) is 11.6 Å². The average molecular weight is 429 g/mol. The predicted octanol–water partition coefficient (Wildman–Crippen LogP) is 2.63. The van der Waals surface area contributed by atoms with Crippen LogP contribution in [0.2, 0.25) is 0 Å². The standard InChI is InChI=1S/C23H27NO7/c1-23(2,3)31-22(30)17(10-15-6-9-19(27)21(29)12-15)24-13-16(25)7-4-14-5-8-18(26)20(28)11-14/h4-9,11-12,17,24,26-29H,10,13H2,1-3H3/b7-4+/t17-/m1/s1. The molecule has 8 heteroatoms. The van der Waals surface area contributed by atoms with Crippen LogP contribution in [0.1, 0.15) is 31.9 Å². The Bertz CT molecular complexity index is 976. The number of aromatic hydroxyl groups is 4. The minimum atomic E-state index is -0.863. The fourth-order valence-electron chi connectivity index (χ4n) is 2.66. The molecule has 0 saturated heterocycles. The van der Waals surface area contributed by atoms with Gasteiger partial charge in [-0.15, -0.1) is 0 Å². The molecule has 0 aromatic heterocycles. The van der Waals surface area contributed by atoms with Crippen LogP contribution in [0.3, 0.4) is 0 Å². The molecule has 5 N–H and O–H groups in total. The Morgan fingerprint density at radius 1 is 0.968 bits per heavy atom. The van der Waals surface area contributed by atoms with Crippen molar-refractivity contribution in [3.05, 3.63) is 53.6 Å². The van der Waals surface area contributed by atoms with Crippen LogP contribution in [-0.2, 0) is 20.7 Å². The lowest BCUT2D eigenvalue weighted by atomic mass is 10.0. The number of phenolic OH excluding ortho intramolecular Hbond substituents is 4. The van der Waals surface area contributed by atoms with E-state index in [1.807, 2.05) is 0 Å². The Kier molecular flexibility index (Phi) is 7.66. The third-order valence-electron chi connectivity index (χ3n) is 4.15.